The second-order valence-corrected chi connectivity index (χ2v) is 8.52. The van der Waals surface area contributed by atoms with Crippen LogP contribution in [0.3, 0.4) is 0 Å². The smallest absolute Gasteiger partial charge is 0.142 e. The first-order valence-corrected chi connectivity index (χ1v) is 11.7. The molecule has 0 aromatic heterocycles. The zero-order valence-corrected chi connectivity index (χ0v) is 21.9. The second kappa shape index (κ2) is 14.3. The fourth-order valence-electron chi connectivity index (χ4n) is 4.19. The Morgan fingerprint density at radius 3 is 2.24 bits per heavy atom. The maximum atomic E-state index is 6.30. The number of halogens is 3. The molecule has 0 N–H and O–H groups in total. The van der Waals surface area contributed by atoms with Gasteiger partial charge in [0.15, 0.2) is 0 Å². The molecule has 1 heterocycles. The number of anilines is 1. The van der Waals surface area contributed by atoms with Crippen molar-refractivity contribution in [3.63, 3.8) is 0 Å². The van der Waals surface area contributed by atoms with E-state index in [9.17, 15) is 0 Å². The van der Waals surface area contributed by atoms with Crippen LogP contribution in [0.4, 0.5) is 5.69 Å². The van der Waals surface area contributed by atoms with Crippen LogP contribution in [-0.4, -0.2) is 51.3 Å². The highest BCUT2D eigenvalue weighted by Gasteiger charge is 2.19. The SMILES string of the molecule is COc1ccccc1N1CCN(CCc2cc(Cl)ccc2OCCc2ccccc2)CC1.Cl.Cl. The van der Waals surface area contributed by atoms with Crippen LogP contribution in [0.1, 0.15) is 11.1 Å². The van der Waals surface area contributed by atoms with Crippen molar-refractivity contribution in [2.75, 3.05) is 51.3 Å². The van der Waals surface area contributed by atoms with Gasteiger partial charge < -0.3 is 14.4 Å². The Hall–Kier alpha value is -2.11. The highest BCUT2D eigenvalue weighted by Crippen LogP contribution is 2.29. The topological polar surface area (TPSA) is 24.9 Å². The molecule has 0 saturated carbocycles. The molecule has 184 valence electrons. The average molecular weight is 524 g/mol. The van der Waals surface area contributed by atoms with Gasteiger partial charge in [-0.2, -0.15) is 0 Å². The normalized spacial score (nSPS) is 13.5. The summed E-state index contributed by atoms with van der Waals surface area (Å²) in [5, 5.41) is 0.761. The zero-order chi connectivity index (χ0) is 22.2. The molecule has 1 aliphatic heterocycles. The first-order valence-electron chi connectivity index (χ1n) is 11.3. The molecule has 3 aromatic rings. The van der Waals surface area contributed by atoms with E-state index in [1.54, 1.807) is 7.11 Å². The van der Waals surface area contributed by atoms with Crippen LogP contribution in [0.2, 0.25) is 5.02 Å². The second-order valence-electron chi connectivity index (χ2n) is 8.09. The Balaban J connectivity index is 0.00000204. The molecular formula is C27H33Cl3N2O2. The molecule has 3 aromatic carbocycles. The van der Waals surface area contributed by atoms with Gasteiger partial charge in [-0.3, -0.25) is 4.90 Å². The fraction of sp³-hybridized carbons (Fsp3) is 0.333. The summed E-state index contributed by atoms with van der Waals surface area (Å²) in [5.41, 5.74) is 3.65. The van der Waals surface area contributed by atoms with Crippen LogP contribution in [0.15, 0.2) is 72.8 Å². The number of rotatable bonds is 9. The van der Waals surface area contributed by atoms with E-state index in [1.807, 2.05) is 36.4 Å². The molecule has 1 fully saturated rings. The van der Waals surface area contributed by atoms with Crippen molar-refractivity contribution in [3.05, 3.63) is 88.9 Å². The van der Waals surface area contributed by atoms with Crippen molar-refractivity contribution in [3.8, 4) is 11.5 Å². The van der Waals surface area contributed by atoms with Crippen molar-refractivity contribution in [1.29, 1.82) is 0 Å². The molecule has 0 atom stereocenters. The predicted molar refractivity (Wildman–Crippen MR) is 147 cm³/mol. The van der Waals surface area contributed by atoms with Gasteiger partial charge in [-0.25, -0.2) is 0 Å². The van der Waals surface area contributed by atoms with Crippen LogP contribution < -0.4 is 14.4 Å². The lowest BCUT2D eigenvalue weighted by Crippen LogP contribution is -2.47. The summed E-state index contributed by atoms with van der Waals surface area (Å²) in [7, 11) is 1.74. The Morgan fingerprint density at radius 2 is 1.50 bits per heavy atom. The minimum Gasteiger partial charge on any atom is -0.495 e. The van der Waals surface area contributed by atoms with Crippen molar-refractivity contribution >= 4 is 42.1 Å². The fourth-order valence-corrected chi connectivity index (χ4v) is 4.38. The van der Waals surface area contributed by atoms with Gasteiger partial charge in [0.2, 0.25) is 0 Å². The summed E-state index contributed by atoms with van der Waals surface area (Å²) in [6, 6.07) is 24.7. The molecule has 0 amide bonds. The molecular weight excluding hydrogens is 491 g/mol. The van der Waals surface area contributed by atoms with E-state index in [1.165, 1.54) is 16.8 Å². The number of nitrogens with zero attached hydrogens (tertiary/aromatic N) is 2. The number of ether oxygens (including phenoxy) is 2. The number of methoxy groups -OCH3 is 1. The van der Waals surface area contributed by atoms with E-state index in [0.717, 1.165) is 62.1 Å². The lowest BCUT2D eigenvalue weighted by molar-refractivity contribution is 0.257. The lowest BCUT2D eigenvalue weighted by Gasteiger charge is -2.36. The summed E-state index contributed by atoms with van der Waals surface area (Å²) in [6.45, 7) is 5.71. The monoisotopic (exact) mass is 522 g/mol. The van der Waals surface area contributed by atoms with E-state index in [4.69, 9.17) is 21.1 Å². The van der Waals surface area contributed by atoms with Crippen LogP contribution in [0.5, 0.6) is 11.5 Å². The van der Waals surface area contributed by atoms with Crippen LogP contribution in [0.25, 0.3) is 0 Å². The standard InChI is InChI=1S/C27H31ClN2O2.2ClH/c1-31-27-10-6-5-9-25(27)30-18-16-29(17-19-30)15-13-23-21-24(28)11-12-26(23)32-20-14-22-7-3-2-4-8-22;;/h2-12,21H,13-20H2,1H3;2*1H. The molecule has 0 unspecified atom stereocenters. The van der Waals surface area contributed by atoms with Crippen molar-refractivity contribution in [2.45, 2.75) is 12.8 Å². The highest BCUT2D eigenvalue weighted by molar-refractivity contribution is 6.30. The predicted octanol–water partition coefficient (Wildman–Crippen LogP) is 6.18. The maximum Gasteiger partial charge on any atom is 0.142 e. The number of hydrogen-bond donors (Lipinski definition) is 0. The molecule has 0 bridgehead atoms. The number of piperazine rings is 1. The van der Waals surface area contributed by atoms with Gasteiger partial charge in [0.25, 0.3) is 0 Å². The average Bonchev–Trinajstić information content (AvgIpc) is 2.85. The van der Waals surface area contributed by atoms with Gasteiger partial charge >= 0.3 is 0 Å². The summed E-state index contributed by atoms with van der Waals surface area (Å²) >= 11 is 6.30. The molecule has 34 heavy (non-hydrogen) atoms. The van der Waals surface area contributed by atoms with E-state index in [0.29, 0.717) is 6.61 Å². The lowest BCUT2D eigenvalue weighted by atomic mass is 10.1. The van der Waals surface area contributed by atoms with E-state index in [2.05, 4.69) is 46.2 Å². The number of para-hydroxylation sites is 2. The summed E-state index contributed by atoms with van der Waals surface area (Å²) < 4.78 is 11.7. The largest absolute Gasteiger partial charge is 0.495 e. The summed E-state index contributed by atoms with van der Waals surface area (Å²) in [4.78, 5) is 4.92. The molecule has 7 heteroatoms. The number of hydrogen-bond acceptors (Lipinski definition) is 4. The third kappa shape index (κ3) is 7.71. The van der Waals surface area contributed by atoms with Crippen molar-refractivity contribution in [1.82, 2.24) is 4.90 Å². The Bertz CT molecular complexity index is 996. The van der Waals surface area contributed by atoms with Crippen molar-refractivity contribution < 1.29 is 9.47 Å². The van der Waals surface area contributed by atoms with Crippen LogP contribution >= 0.6 is 36.4 Å². The summed E-state index contributed by atoms with van der Waals surface area (Å²) in [5.74, 6) is 1.88. The maximum absolute atomic E-state index is 6.30. The van der Waals surface area contributed by atoms with E-state index < -0.39 is 0 Å². The van der Waals surface area contributed by atoms with Gasteiger partial charge in [0, 0.05) is 44.2 Å². The van der Waals surface area contributed by atoms with E-state index >= 15 is 0 Å². The Morgan fingerprint density at radius 1 is 0.794 bits per heavy atom. The van der Waals surface area contributed by atoms with Crippen molar-refractivity contribution in [2.24, 2.45) is 0 Å². The minimum absolute atomic E-state index is 0. The molecule has 1 aliphatic rings. The molecule has 4 rings (SSSR count). The zero-order valence-electron chi connectivity index (χ0n) is 19.5. The molecule has 0 spiro atoms. The third-order valence-electron chi connectivity index (χ3n) is 6.01. The Labute approximate surface area is 220 Å². The Kier molecular flexibility index (Phi) is 11.9. The van der Waals surface area contributed by atoms with Gasteiger partial charge in [0.05, 0.1) is 19.4 Å². The third-order valence-corrected chi connectivity index (χ3v) is 6.24. The van der Waals surface area contributed by atoms with Gasteiger partial charge in [-0.1, -0.05) is 54.1 Å². The van der Waals surface area contributed by atoms with E-state index in [-0.39, 0.29) is 24.8 Å². The quantitative estimate of drug-likeness (QED) is 0.334. The van der Waals surface area contributed by atoms with Gasteiger partial charge in [-0.05, 0) is 47.9 Å². The molecule has 0 aliphatic carbocycles. The summed E-state index contributed by atoms with van der Waals surface area (Å²) in [6.07, 6.45) is 1.82. The highest BCUT2D eigenvalue weighted by atomic mass is 35.5. The van der Waals surface area contributed by atoms with Gasteiger partial charge in [0.1, 0.15) is 11.5 Å². The molecule has 0 radical (unpaired) electrons. The molecule has 1 saturated heterocycles. The minimum atomic E-state index is 0. The van der Waals surface area contributed by atoms with Crippen LogP contribution in [-0.2, 0) is 12.8 Å². The van der Waals surface area contributed by atoms with Gasteiger partial charge in [-0.15, -0.1) is 24.8 Å². The number of benzene rings is 3. The van der Waals surface area contributed by atoms with Crippen LogP contribution in [0, 0.1) is 0 Å². The molecule has 4 nitrogen and oxygen atoms in total. The first-order chi connectivity index (χ1) is 15.7. The first kappa shape index (κ1) is 28.1.